The molecule has 1 aromatic rings. The van der Waals surface area contributed by atoms with Crippen LogP contribution < -0.4 is 10.5 Å². The van der Waals surface area contributed by atoms with Gasteiger partial charge in [0.15, 0.2) is 0 Å². The molecule has 2 unspecified atom stereocenters. The average molecular weight is 183 g/mol. The number of ether oxygens (including phenoxy) is 1. The van der Waals surface area contributed by atoms with E-state index < -0.39 is 12.2 Å². The Labute approximate surface area is 77.5 Å². The van der Waals surface area contributed by atoms with Gasteiger partial charge in [-0.15, -0.1) is 0 Å². The number of hydrogen-bond donors (Lipinski definition) is 1. The molecule has 0 radical (unpaired) electrons. The zero-order valence-corrected chi connectivity index (χ0v) is 7.83. The van der Waals surface area contributed by atoms with E-state index in [2.05, 4.69) is 0 Å². The number of nitrogens with two attached hydrogens (primary N) is 1. The third kappa shape index (κ3) is 2.42. The van der Waals surface area contributed by atoms with E-state index in [1.54, 1.807) is 38.3 Å². The monoisotopic (exact) mass is 183 g/mol. The van der Waals surface area contributed by atoms with Crippen molar-refractivity contribution in [1.29, 1.82) is 0 Å². The van der Waals surface area contributed by atoms with Gasteiger partial charge in [-0.3, -0.25) is 0 Å². The zero-order valence-electron chi connectivity index (χ0n) is 7.83. The normalized spacial score (nSPS) is 15.1. The quantitative estimate of drug-likeness (QED) is 0.778. The fourth-order valence-corrected chi connectivity index (χ4v) is 1.12. The third-order valence-electron chi connectivity index (χ3n) is 1.87. The van der Waals surface area contributed by atoms with E-state index in [-0.39, 0.29) is 0 Å². The average Bonchev–Trinajstić information content (AvgIpc) is 2.16. The van der Waals surface area contributed by atoms with Crippen LogP contribution in [0.5, 0.6) is 5.75 Å². The lowest BCUT2D eigenvalue weighted by molar-refractivity contribution is 0.298. The second-order valence-corrected chi connectivity index (χ2v) is 3.04. The topological polar surface area (TPSA) is 35.2 Å². The van der Waals surface area contributed by atoms with Crippen LogP contribution >= 0.6 is 0 Å². The van der Waals surface area contributed by atoms with Gasteiger partial charge in [-0.1, -0.05) is 12.1 Å². The van der Waals surface area contributed by atoms with Gasteiger partial charge in [-0.05, 0) is 24.6 Å². The molecular weight excluding hydrogens is 169 g/mol. The molecule has 0 amide bonds. The molecule has 0 aliphatic carbocycles. The lowest BCUT2D eigenvalue weighted by atomic mass is 10.1. The number of hydrogen-bond acceptors (Lipinski definition) is 2. The van der Waals surface area contributed by atoms with Gasteiger partial charge >= 0.3 is 0 Å². The number of alkyl halides is 1. The highest BCUT2D eigenvalue weighted by Gasteiger charge is 2.14. The molecule has 2 N–H and O–H groups in total. The Morgan fingerprint density at radius 3 is 2.69 bits per heavy atom. The van der Waals surface area contributed by atoms with E-state index in [1.807, 2.05) is 0 Å². The molecule has 0 aliphatic heterocycles. The van der Waals surface area contributed by atoms with Crippen molar-refractivity contribution in [1.82, 2.24) is 0 Å². The molecule has 0 spiro atoms. The van der Waals surface area contributed by atoms with Crippen molar-refractivity contribution in [3.8, 4) is 5.75 Å². The Morgan fingerprint density at radius 2 is 2.15 bits per heavy atom. The summed E-state index contributed by atoms with van der Waals surface area (Å²) in [5.74, 6) is 0.654. The fraction of sp³-hybridized carbons (Fsp3) is 0.400. The van der Waals surface area contributed by atoms with E-state index in [0.717, 1.165) is 0 Å². The van der Waals surface area contributed by atoms with Crippen LogP contribution in [-0.4, -0.2) is 13.2 Å². The van der Waals surface area contributed by atoms with Crippen molar-refractivity contribution < 1.29 is 9.13 Å². The van der Waals surface area contributed by atoms with Gasteiger partial charge in [-0.25, -0.2) is 4.39 Å². The first-order valence-electron chi connectivity index (χ1n) is 4.18. The van der Waals surface area contributed by atoms with Crippen LogP contribution in [0, 0.1) is 0 Å². The Kier molecular flexibility index (Phi) is 3.25. The summed E-state index contributed by atoms with van der Waals surface area (Å²) in [5.41, 5.74) is 6.01. The minimum Gasteiger partial charge on any atom is -0.497 e. The lowest BCUT2D eigenvalue weighted by Crippen LogP contribution is -2.21. The van der Waals surface area contributed by atoms with Gasteiger partial charge < -0.3 is 10.5 Å². The highest BCUT2D eigenvalue weighted by molar-refractivity contribution is 5.30. The maximum atomic E-state index is 13.4. The third-order valence-corrected chi connectivity index (χ3v) is 1.87. The maximum Gasteiger partial charge on any atom is 0.140 e. The Hall–Kier alpha value is -1.09. The second-order valence-electron chi connectivity index (χ2n) is 3.04. The summed E-state index contributed by atoms with van der Waals surface area (Å²) in [6.45, 7) is 1.64. The van der Waals surface area contributed by atoms with Crippen LogP contribution in [0.15, 0.2) is 24.3 Å². The fourth-order valence-electron chi connectivity index (χ4n) is 1.12. The van der Waals surface area contributed by atoms with E-state index in [0.29, 0.717) is 11.3 Å². The summed E-state index contributed by atoms with van der Waals surface area (Å²) in [7, 11) is 1.55. The van der Waals surface area contributed by atoms with E-state index in [9.17, 15) is 4.39 Å². The van der Waals surface area contributed by atoms with Crippen molar-refractivity contribution in [3.63, 3.8) is 0 Å². The smallest absolute Gasteiger partial charge is 0.140 e. The van der Waals surface area contributed by atoms with Crippen LogP contribution in [0.3, 0.4) is 0 Å². The molecule has 0 aromatic heterocycles. The number of halogens is 1. The number of benzene rings is 1. The van der Waals surface area contributed by atoms with Gasteiger partial charge in [0.25, 0.3) is 0 Å². The molecular formula is C10H14FNO. The zero-order chi connectivity index (χ0) is 9.84. The van der Waals surface area contributed by atoms with Crippen LogP contribution in [0.1, 0.15) is 18.7 Å². The molecule has 2 nitrogen and oxygen atoms in total. The predicted octanol–water partition coefficient (Wildman–Crippen LogP) is 2.05. The van der Waals surface area contributed by atoms with Crippen molar-refractivity contribution in [2.24, 2.45) is 5.73 Å². The molecule has 13 heavy (non-hydrogen) atoms. The molecule has 0 heterocycles. The minimum atomic E-state index is -1.13. The molecule has 3 heteroatoms. The predicted molar refractivity (Wildman–Crippen MR) is 50.5 cm³/mol. The number of rotatable bonds is 3. The molecule has 0 bridgehead atoms. The Bertz CT molecular complexity index is 275. The van der Waals surface area contributed by atoms with Gasteiger partial charge in [0.05, 0.1) is 7.11 Å². The van der Waals surface area contributed by atoms with Crippen LogP contribution in [0.25, 0.3) is 0 Å². The maximum absolute atomic E-state index is 13.4. The molecule has 0 fully saturated rings. The second kappa shape index (κ2) is 4.23. The van der Waals surface area contributed by atoms with Gasteiger partial charge in [0.1, 0.15) is 11.9 Å². The Balaban J connectivity index is 2.88. The number of methoxy groups -OCH3 is 1. The standard InChI is InChI=1S/C10H14FNO/c1-7(12)10(11)8-4-3-5-9(6-8)13-2/h3-7,10H,12H2,1-2H3. The molecule has 1 rings (SSSR count). The van der Waals surface area contributed by atoms with Gasteiger partial charge in [0, 0.05) is 6.04 Å². The summed E-state index contributed by atoms with van der Waals surface area (Å²) in [6, 6.07) is 6.40. The summed E-state index contributed by atoms with van der Waals surface area (Å²) in [6.07, 6.45) is -1.13. The summed E-state index contributed by atoms with van der Waals surface area (Å²) >= 11 is 0. The minimum absolute atomic E-state index is 0.493. The first-order valence-corrected chi connectivity index (χ1v) is 4.18. The van der Waals surface area contributed by atoms with Crippen molar-refractivity contribution in [2.45, 2.75) is 19.1 Å². The van der Waals surface area contributed by atoms with Gasteiger partial charge in [0.2, 0.25) is 0 Å². The van der Waals surface area contributed by atoms with Crippen molar-refractivity contribution >= 4 is 0 Å². The van der Waals surface area contributed by atoms with Crippen molar-refractivity contribution in [2.75, 3.05) is 7.11 Å². The summed E-state index contributed by atoms with van der Waals surface area (Å²) in [4.78, 5) is 0. The van der Waals surface area contributed by atoms with Crippen LogP contribution in [0.4, 0.5) is 4.39 Å². The first kappa shape index (κ1) is 9.99. The lowest BCUT2D eigenvalue weighted by Gasteiger charge is -2.12. The Morgan fingerprint density at radius 1 is 1.46 bits per heavy atom. The van der Waals surface area contributed by atoms with Gasteiger partial charge in [-0.2, -0.15) is 0 Å². The molecule has 0 aliphatic rings. The van der Waals surface area contributed by atoms with Crippen LogP contribution in [-0.2, 0) is 0 Å². The highest BCUT2D eigenvalue weighted by Crippen LogP contribution is 2.23. The molecule has 72 valence electrons. The molecule has 2 atom stereocenters. The highest BCUT2D eigenvalue weighted by atomic mass is 19.1. The largest absolute Gasteiger partial charge is 0.497 e. The molecule has 1 aromatic carbocycles. The summed E-state index contributed by atoms with van der Waals surface area (Å²) < 4.78 is 18.4. The SMILES string of the molecule is COc1cccc(C(F)C(C)N)c1. The molecule has 0 saturated carbocycles. The van der Waals surface area contributed by atoms with E-state index in [4.69, 9.17) is 10.5 Å². The van der Waals surface area contributed by atoms with Crippen molar-refractivity contribution in [3.05, 3.63) is 29.8 Å². The van der Waals surface area contributed by atoms with Crippen LogP contribution in [0.2, 0.25) is 0 Å². The van der Waals surface area contributed by atoms with E-state index >= 15 is 0 Å². The summed E-state index contributed by atoms with van der Waals surface area (Å²) in [5, 5.41) is 0. The molecule has 0 saturated heterocycles. The first-order chi connectivity index (χ1) is 6.15. The van der Waals surface area contributed by atoms with E-state index in [1.165, 1.54) is 0 Å².